The maximum atomic E-state index is 5.60. The summed E-state index contributed by atoms with van der Waals surface area (Å²) < 4.78 is 5.16. The zero-order valence-corrected chi connectivity index (χ0v) is 13.9. The van der Waals surface area contributed by atoms with Crippen LogP contribution in [0.1, 0.15) is 44.7 Å². The van der Waals surface area contributed by atoms with Crippen LogP contribution in [0.15, 0.2) is 24.3 Å². The fourth-order valence-corrected chi connectivity index (χ4v) is 2.19. The van der Waals surface area contributed by atoms with E-state index in [2.05, 4.69) is 43.1 Å². The second-order valence-corrected chi connectivity index (χ2v) is 4.78. The van der Waals surface area contributed by atoms with Crippen molar-refractivity contribution in [3.8, 4) is 0 Å². The standard InChI is InChI=1S/C15H26N2O.C2H6/c1-4-15(9-10-18-3)17(2)12-14-7-5-13(11-16)6-8-14;1-2/h5-8,15H,4,9-12,16H2,1-3H3;1-2H3. The first-order valence-electron chi connectivity index (χ1n) is 7.68. The number of benzene rings is 1. The first kappa shape index (κ1) is 19.1. The Morgan fingerprint density at radius 2 is 1.70 bits per heavy atom. The highest BCUT2D eigenvalue weighted by molar-refractivity contribution is 5.22. The summed E-state index contributed by atoms with van der Waals surface area (Å²) in [5, 5.41) is 0. The van der Waals surface area contributed by atoms with Gasteiger partial charge >= 0.3 is 0 Å². The molecule has 0 spiro atoms. The van der Waals surface area contributed by atoms with Crippen molar-refractivity contribution in [2.45, 2.75) is 52.7 Å². The van der Waals surface area contributed by atoms with E-state index < -0.39 is 0 Å². The third-order valence-electron chi connectivity index (χ3n) is 3.44. The van der Waals surface area contributed by atoms with E-state index in [0.717, 1.165) is 26.0 Å². The molecule has 0 aliphatic rings. The summed E-state index contributed by atoms with van der Waals surface area (Å²) in [6.45, 7) is 8.65. The zero-order chi connectivity index (χ0) is 15.4. The molecule has 0 amide bonds. The van der Waals surface area contributed by atoms with Gasteiger partial charge < -0.3 is 10.5 Å². The Labute approximate surface area is 125 Å². The van der Waals surface area contributed by atoms with Gasteiger partial charge in [-0.15, -0.1) is 0 Å². The molecule has 1 rings (SSSR count). The molecule has 0 heterocycles. The van der Waals surface area contributed by atoms with Crippen LogP contribution >= 0.6 is 0 Å². The number of nitrogens with two attached hydrogens (primary N) is 1. The molecule has 3 nitrogen and oxygen atoms in total. The van der Waals surface area contributed by atoms with Gasteiger partial charge in [0.1, 0.15) is 0 Å². The molecule has 1 unspecified atom stereocenters. The SMILES string of the molecule is CC.CCC(CCOC)N(C)Cc1ccc(CN)cc1. The van der Waals surface area contributed by atoms with Crippen molar-refractivity contribution in [2.75, 3.05) is 20.8 Å². The van der Waals surface area contributed by atoms with Gasteiger partial charge in [-0.2, -0.15) is 0 Å². The van der Waals surface area contributed by atoms with E-state index >= 15 is 0 Å². The van der Waals surface area contributed by atoms with E-state index in [4.69, 9.17) is 10.5 Å². The first-order chi connectivity index (χ1) is 9.71. The highest BCUT2D eigenvalue weighted by Gasteiger charge is 2.12. The molecule has 2 N–H and O–H groups in total. The number of rotatable bonds is 8. The predicted octanol–water partition coefficient (Wildman–Crippen LogP) is 3.42. The molecule has 0 saturated carbocycles. The molecule has 0 aliphatic carbocycles. The average molecular weight is 280 g/mol. The second-order valence-electron chi connectivity index (χ2n) is 4.78. The summed E-state index contributed by atoms with van der Waals surface area (Å²) in [6, 6.07) is 9.14. The van der Waals surface area contributed by atoms with Crippen molar-refractivity contribution in [3.63, 3.8) is 0 Å². The number of hydrogen-bond acceptors (Lipinski definition) is 3. The lowest BCUT2D eigenvalue weighted by Crippen LogP contribution is -2.31. The molecule has 0 aliphatic heterocycles. The fraction of sp³-hybridized carbons (Fsp3) is 0.647. The monoisotopic (exact) mass is 280 g/mol. The minimum atomic E-state index is 0.583. The summed E-state index contributed by atoms with van der Waals surface area (Å²) in [4.78, 5) is 2.40. The van der Waals surface area contributed by atoms with Crippen molar-refractivity contribution in [1.82, 2.24) is 4.90 Å². The molecular formula is C17H32N2O. The molecule has 0 saturated heterocycles. The van der Waals surface area contributed by atoms with Crippen LogP contribution in [0, 0.1) is 0 Å². The van der Waals surface area contributed by atoms with E-state index in [1.54, 1.807) is 7.11 Å². The maximum absolute atomic E-state index is 5.60. The third-order valence-corrected chi connectivity index (χ3v) is 3.44. The van der Waals surface area contributed by atoms with Gasteiger partial charge in [-0.05, 0) is 31.0 Å². The minimum absolute atomic E-state index is 0.583. The maximum Gasteiger partial charge on any atom is 0.0477 e. The number of hydrogen-bond donors (Lipinski definition) is 1. The van der Waals surface area contributed by atoms with Crippen molar-refractivity contribution < 1.29 is 4.74 Å². The van der Waals surface area contributed by atoms with Gasteiger partial charge in [0.05, 0.1) is 0 Å². The molecular weight excluding hydrogens is 248 g/mol. The molecule has 1 atom stereocenters. The number of methoxy groups -OCH3 is 1. The van der Waals surface area contributed by atoms with E-state index in [0.29, 0.717) is 12.6 Å². The normalized spacial score (nSPS) is 11.9. The molecule has 116 valence electrons. The number of ether oxygens (including phenoxy) is 1. The molecule has 3 heteroatoms. The van der Waals surface area contributed by atoms with Crippen molar-refractivity contribution >= 4 is 0 Å². The van der Waals surface area contributed by atoms with E-state index in [9.17, 15) is 0 Å². The van der Waals surface area contributed by atoms with Crippen molar-refractivity contribution in [1.29, 1.82) is 0 Å². The van der Waals surface area contributed by atoms with Crippen LogP contribution in [0.3, 0.4) is 0 Å². The van der Waals surface area contributed by atoms with Gasteiger partial charge in [0.25, 0.3) is 0 Å². The quantitative estimate of drug-likeness (QED) is 0.793. The Bertz CT molecular complexity index is 324. The fourth-order valence-electron chi connectivity index (χ4n) is 2.19. The van der Waals surface area contributed by atoms with E-state index in [1.807, 2.05) is 13.8 Å². The van der Waals surface area contributed by atoms with Crippen molar-refractivity contribution in [3.05, 3.63) is 35.4 Å². The van der Waals surface area contributed by atoms with Crippen LogP contribution in [-0.2, 0) is 17.8 Å². The summed E-state index contributed by atoms with van der Waals surface area (Å²) in [6.07, 6.45) is 2.24. The van der Waals surface area contributed by atoms with Gasteiger partial charge in [-0.3, -0.25) is 4.90 Å². The highest BCUT2D eigenvalue weighted by atomic mass is 16.5. The second kappa shape index (κ2) is 11.9. The lowest BCUT2D eigenvalue weighted by Gasteiger charge is -2.27. The van der Waals surface area contributed by atoms with Gasteiger partial charge in [-0.25, -0.2) is 0 Å². The topological polar surface area (TPSA) is 38.5 Å². The van der Waals surface area contributed by atoms with E-state index in [-0.39, 0.29) is 0 Å². The van der Waals surface area contributed by atoms with Crippen LogP contribution in [0.4, 0.5) is 0 Å². The molecule has 0 fully saturated rings. The molecule has 0 radical (unpaired) electrons. The minimum Gasteiger partial charge on any atom is -0.385 e. The summed E-state index contributed by atoms with van der Waals surface area (Å²) in [7, 11) is 3.94. The van der Waals surface area contributed by atoms with Crippen LogP contribution in [0.25, 0.3) is 0 Å². The van der Waals surface area contributed by atoms with Gasteiger partial charge in [0, 0.05) is 32.8 Å². The predicted molar refractivity (Wildman–Crippen MR) is 87.7 cm³/mol. The van der Waals surface area contributed by atoms with Crippen molar-refractivity contribution in [2.24, 2.45) is 5.73 Å². The summed E-state index contributed by atoms with van der Waals surface area (Å²) >= 11 is 0. The first-order valence-corrected chi connectivity index (χ1v) is 7.68. The highest BCUT2D eigenvalue weighted by Crippen LogP contribution is 2.12. The Hall–Kier alpha value is -0.900. The number of nitrogens with zero attached hydrogens (tertiary/aromatic N) is 1. The van der Waals surface area contributed by atoms with Crippen LogP contribution in [0.2, 0.25) is 0 Å². The van der Waals surface area contributed by atoms with Gasteiger partial charge in [0.2, 0.25) is 0 Å². The third kappa shape index (κ3) is 7.04. The van der Waals surface area contributed by atoms with E-state index in [1.165, 1.54) is 11.1 Å². The zero-order valence-electron chi connectivity index (χ0n) is 13.9. The van der Waals surface area contributed by atoms with Gasteiger partial charge in [-0.1, -0.05) is 45.0 Å². The Balaban J connectivity index is 0.00000172. The van der Waals surface area contributed by atoms with Crippen LogP contribution in [0.5, 0.6) is 0 Å². The summed E-state index contributed by atoms with van der Waals surface area (Å²) in [5.74, 6) is 0. The smallest absolute Gasteiger partial charge is 0.0477 e. The van der Waals surface area contributed by atoms with Gasteiger partial charge in [0.15, 0.2) is 0 Å². The molecule has 1 aromatic rings. The Morgan fingerprint density at radius 1 is 1.15 bits per heavy atom. The molecule has 1 aromatic carbocycles. The summed E-state index contributed by atoms with van der Waals surface area (Å²) in [5.41, 5.74) is 8.13. The Kier molecular flexibility index (Phi) is 11.4. The average Bonchev–Trinajstić information content (AvgIpc) is 2.51. The molecule has 0 bridgehead atoms. The lowest BCUT2D eigenvalue weighted by molar-refractivity contribution is 0.140. The van der Waals surface area contributed by atoms with Crippen LogP contribution in [-0.4, -0.2) is 31.7 Å². The molecule has 20 heavy (non-hydrogen) atoms. The van der Waals surface area contributed by atoms with Crippen LogP contribution < -0.4 is 5.73 Å². The largest absolute Gasteiger partial charge is 0.385 e. The molecule has 0 aromatic heterocycles. The lowest BCUT2D eigenvalue weighted by atomic mass is 10.1. The Morgan fingerprint density at radius 3 is 2.15 bits per heavy atom.